The van der Waals surface area contributed by atoms with Gasteiger partial charge in [0.25, 0.3) is 5.91 Å². The molecule has 0 fully saturated rings. The summed E-state index contributed by atoms with van der Waals surface area (Å²) in [6.45, 7) is 1.85. The van der Waals surface area contributed by atoms with E-state index >= 15 is 0 Å². The number of anilines is 1. The SMILES string of the molecule is CC(/C=N\NC(=O)c1nc(Cl)c(Cl)c(N)c1Cl)=C\c1ccccc1. The third-order valence-electron chi connectivity index (χ3n) is 2.92. The lowest BCUT2D eigenvalue weighted by atomic mass is 10.1. The van der Waals surface area contributed by atoms with Crippen molar-refractivity contribution in [3.63, 3.8) is 0 Å². The van der Waals surface area contributed by atoms with E-state index in [1.165, 1.54) is 6.21 Å². The topological polar surface area (TPSA) is 80.4 Å². The molecule has 0 unspecified atom stereocenters. The quantitative estimate of drug-likeness (QED) is 0.465. The molecule has 1 heterocycles. The van der Waals surface area contributed by atoms with Gasteiger partial charge in [-0.15, -0.1) is 0 Å². The van der Waals surface area contributed by atoms with Crippen LogP contribution in [0.4, 0.5) is 5.69 Å². The molecule has 0 bridgehead atoms. The predicted molar refractivity (Wildman–Crippen MR) is 99.7 cm³/mol. The average molecular weight is 384 g/mol. The second-order valence-electron chi connectivity index (χ2n) is 4.79. The number of benzene rings is 1. The molecular weight excluding hydrogens is 371 g/mol. The highest BCUT2D eigenvalue weighted by molar-refractivity contribution is 6.46. The highest BCUT2D eigenvalue weighted by Crippen LogP contribution is 2.34. The largest absolute Gasteiger partial charge is 0.396 e. The van der Waals surface area contributed by atoms with Crippen molar-refractivity contribution in [3.05, 3.63) is 62.4 Å². The molecule has 1 aromatic carbocycles. The number of carbonyl (C=O) groups excluding carboxylic acids is 1. The maximum atomic E-state index is 12.1. The summed E-state index contributed by atoms with van der Waals surface area (Å²) in [5.74, 6) is -0.644. The molecule has 124 valence electrons. The van der Waals surface area contributed by atoms with Gasteiger partial charge in [-0.2, -0.15) is 5.10 Å². The van der Waals surface area contributed by atoms with Crippen LogP contribution >= 0.6 is 34.8 Å². The summed E-state index contributed by atoms with van der Waals surface area (Å²) in [5.41, 5.74) is 9.69. The van der Waals surface area contributed by atoms with Crippen LogP contribution in [0, 0.1) is 0 Å². The smallest absolute Gasteiger partial charge is 0.291 e. The number of aromatic nitrogens is 1. The number of nitrogens with one attached hydrogen (secondary N) is 1. The van der Waals surface area contributed by atoms with Gasteiger partial charge in [0.15, 0.2) is 10.8 Å². The van der Waals surface area contributed by atoms with E-state index < -0.39 is 5.91 Å². The van der Waals surface area contributed by atoms with Crippen LogP contribution in [-0.2, 0) is 0 Å². The molecule has 24 heavy (non-hydrogen) atoms. The number of allylic oxidation sites excluding steroid dienone is 1. The van der Waals surface area contributed by atoms with E-state index in [0.29, 0.717) is 0 Å². The lowest BCUT2D eigenvalue weighted by Crippen LogP contribution is -2.20. The third kappa shape index (κ3) is 4.47. The van der Waals surface area contributed by atoms with Gasteiger partial charge in [0.2, 0.25) is 0 Å². The summed E-state index contributed by atoms with van der Waals surface area (Å²) in [7, 11) is 0. The Bertz CT molecular complexity index is 820. The number of hydrazone groups is 1. The van der Waals surface area contributed by atoms with Crippen LogP contribution in [0.25, 0.3) is 6.08 Å². The fourth-order valence-corrected chi connectivity index (χ4v) is 2.37. The van der Waals surface area contributed by atoms with Gasteiger partial charge >= 0.3 is 0 Å². The number of carbonyl (C=O) groups is 1. The van der Waals surface area contributed by atoms with Crippen molar-refractivity contribution in [3.8, 4) is 0 Å². The molecule has 2 rings (SSSR count). The molecule has 0 spiro atoms. The number of pyridine rings is 1. The minimum absolute atomic E-state index is 0.00311. The highest BCUT2D eigenvalue weighted by Gasteiger charge is 2.19. The minimum Gasteiger partial charge on any atom is -0.396 e. The number of hydrogen-bond acceptors (Lipinski definition) is 4. The first-order valence-electron chi connectivity index (χ1n) is 6.77. The Morgan fingerprint density at radius 2 is 1.88 bits per heavy atom. The number of amides is 1. The summed E-state index contributed by atoms with van der Waals surface area (Å²) in [4.78, 5) is 15.9. The van der Waals surface area contributed by atoms with Gasteiger partial charge < -0.3 is 5.73 Å². The maximum absolute atomic E-state index is 12.1. The molecule has 0 aliphatic carbocycles. The first-order valence-corrected chi connectivity index (χ1v) is 7.90. The van der Waals surface area contributed by atoms with Gasteiger partial charge in [-0.25, -0.2) is 10.4 Å². The Kier molecular flexibility index (Phi) is 6.20. The molecule has 2 aromatic rings. The van der Waals surface area contributed by atoms with Crippen LogP contribution in [-0.4, -0.2) is 17.1 Å². The van der Waals surface area contributed by atoms with E-state index in [9.17, 15) is 4.79 Å². The Morgan fingerprint density at radius 3 is 2.54 bits per heavy atom. The molecule has 3 N–H and O–H groups in total. The molecular formula is C16H13Cl3N4O. The zero-order valence-electron chi connectivity index (χ0n) is 12.6. The fourth-order valence-electron chi connectivity index (χ4n) is 1.78. The summed E-state index contributed by atoms with van der Waals surface area (Å²) in [6, 6.07) is 9.71. The fraction of sp³-hybridized carbons (Fsp3) is 0.0625. The van der Waals surface area contributed by atoms with Gasteiger partial charge in [0, 0.05) is 0 Å². The molecule has 0 aliphatic rings. The van der Waals surface area contributed by atoms with Crippen LogP contribution in [0.3, 0.4) is 0 Å². The van der Waals surface area contributed by atoms with Gasteiger partial charge in [0.1, 0.15) is 5.02 Å². The average Bonchev–Trinajstić information content (AvgIpc) is 2.57. The van der Waals surface area contributed by atoms with Gasteiger partial charge in [0.05, 0.1) is 16.9 Å². The molecule has 0 saturated carbocycles. The number of nitrogens with zero attached hydrogens (tertiary/aromatic N) is 2. The second kappa shape index (κ2) is 8.15. The zero-order chi connectivity index (χ0) is 17.7. The van der Waals surface area contributed by atoms with Crippen molar-refractivity contribution in [2.24, 2.45) is 5.10 Å². The van der Waals surface area contributed by atoms with Crippen LogP contribution < -0.4 is 11.2 Å². The van der Waals surface area contributed by atoms with E-state index in [1.54, 1.807) is 0 Å². The number of nitrogen functional groups attached to an aromatic ring is 1. The van der Waals surface area contributed by atoms with Gasteiger partial charge in [-0.05, 0) is 18.1 Å². The first-order chi connectivity index (χ1) is 11.4. The van der Waals surface area contributed by atoms with E-state index in [-0.39, 0.29) is 26.6 Å². The first kappa shape index (κ1) is 18.3. The Labute approximate surface area is 154 Å². The molecule has 0 radical (unpaired) electrons. The summed E-state index contributed by atoms with van der Waals surface area (Å²) in [6.07, 6.45) is 3.41. The predicted octanol–water partition coefficient (Wildman–Crippen LogP) is 4.44. The van der Waals surface area contributed by atoms with Crippen LogP contribution in [0.15, 0.2) is 41.0 Å². The van der Waals surface area contributed by atoms with Gasteiger partial charge in [-0.1, -0.05) is 71.2 Å². The Balaban J connectivity index is 2.10. The molecule has 0 saturated heterocycles. The van der Waals surface area contributed by atoms with Crippen LogP contribution in [0.1, 0.15) is 23.0 Å². The summed E-state index contributed by atoms with van der Waals surface area (Å²) in [5, 5.41) is 3.68. The number of hydrogen-bond donors (Lipinski definition) is 2. The van der Waals surface area contributed by atoms with Crippen molar-refractivity contribution in [1.29, 1.82) is 0 Å². The van der Waals surface area contributed by atoms with E-state index in [2.05, 4.69) is 15.5 Å². The zero-order valence-corrected chi connectivity index (χ0v) is 14.8. The highest BCUT2D eigenvalue weighted by atomic mass is 35.5. The molecule has 1 amide bonds. The second-order valence-corrected chi connectivity index (χ2v) is 5.90. The van der Waals surface area contributed by atoms with E-state index in [4.69, 9.17) is 40.5 Å². The van der Waals surface area contributed by atoms with Crippen molar-refractivity contribution in [2.75, 3.05) is 5.73 Å². The Hall–Kier alpha value is -2.08. The van der Waals surface area contributed by atoms with Crippen LogP contribution in [0.5, 0.6) is 0 Å². The monoisotopic (exact) mass is 382 g/mol. The molecule has 0 aliphatic heterocycles. The molecule has 0 atom stereocenters. The van der Waals surface area contributed by atoms with Crippen molar-refractivity contribution in [1.82, 2.24) is 10.4 Å². The standard InChI is InChI=1S/C16H13Cl3N4O/c1-9(7-10-5-3-2-4-6-10)8-21-23-16(24)14-11(17)13(20)12(18)15(19)22-14/h2-8H,1H3,(H2,20,22)(H,23,24)/b9-7+,21-8-. The lowest BCUT2D eigenvalue weighted by molar-refractivity contribution is 0.0950. The number of halogens is 3. The van der Waals surface area contributed by atoms with Crippen molar-refractivity contribution >= 4 is 58.7 Å². The molecule has 5 nitrogen and oxygen atoms in total. The van der Waals surface area contributed by atoms with Gasteiger partial charge in [-0.3, -0.25) is 4.79 Å². The third-order valence-corrected chi connectivity index (χ3v) is 4.05. The van der Waals surface area contributed by atoms with Crippen molar-refractivity contribution < 1.29 is 4.79 Å². The minimum atomic E-state index is -0.644. The maximum Gasteiger partial charge on any atom is 0.291 e. The number of rotatable bonds is 4. The van der Waals surface area contributed by atoms with Crippen molar-refractivity contribution in [2.45, 2.75) is 6.92 Å². The molecule has 1 aromatic heterocycles. The summed E-state index contributed by atoms with van der Waals surface area (Å²) >= 11 is 17.6. The summed E-state index contributed by atoms with van der Waals surface area (Å²) < 4.78 is 0. The lowest BCUT2D eigenvalue weighted by Gasteiger charge is -2.07. The van der Waals surface area contributed by atoms with E-state index in [1.807, 2.05) is 43.3 Å². The van der Waals surface area contributed by atoms with Crippen LogP contribution in [0.2, 0.25) is 15.2 Å². The number of nitrogens with two attached hydrogens (primary N) is 1. The Morgan fingerprint density at radius 1 is 1.21 bits per heavy atom. The molecule has 8 heteroatoms. The van der Waals surface area contributed by atoms with E-state index in [0.717, 1.165) is 11.1 Å². The normalized spacial score (nSPS) is 11.8.